The highest BCUT2D eigenvalue weighted by atomic mass is 31.2. The maximum Gasteiger partial charge on any atom is 0.472 e. The second-order valence-electron chi connectivity index (χ2n) is 13.1. The Balaban J connectivity index is 1.85. The standard InChI is InChI=1S/C34H62BN3O6P/c1-38(2,3)28-30-44-45(40,41)43-29-19-17-15-13-11-9-7-5-4-6-8-10-12-14-16-18-21-32-23-25-33(26-24-32)37-34(39)22-20-27-35-42-31-36/h23-26,31,36H,4-22,27-30H2,1-3H3,(H-,37,39,40,41)/p+1. The summed E-state index contributed by atoms with van der Waals surface area (Å²) in [6.07, 6.45) is 23.8. The Hall–Kier alpha value is -1.71. The first-order valence-electron chi connectivity index (χ1n) is 17.4. The molecule has 9 nitrogen and oxygen atoms in total. The lowest BCUT2D eigenvalue weighted by Crippen LogP contribution is -2.37. The number of aryl methyl sites for hydroxylation is 1. The van der Waals surface area contributed by atoms with E-state index in [1.54, 1.807) is 7.48 Å². The number of hydrogen-bond donors (Lipinski definition) is 3. The number of phosphoric acid groups is 1. The van der Waals surface area contributed by atoms with Crippen molar-refractivity contribution in [1.82, 2.24) is 0 Å². The third kappa shape index (κ3) is 27.1. The summed E-state index contributed by atoms with van der Waals surface area (Å²) in [5.41, 5.74) is 2.16. The number of nitrogens with one attached hydrogen (secondary N) is 2. The number of nitrogens with zero attached hydrogens (tertiary/aromatic N) is 1. The van der Waals surface area contributed by atoms with Gasteiger partial charge in [-0.05, 0) is 49.7 Å². The molecular weight excluding hydrogens is 588 g/mol. The lowest BCUT2D eigenvalue weighted by Gasteiger charge is -2.24. The summed E-state index contributed by atoms with van der Waals surface area (Å²) in [7, 11) is 3.66. The fourth-order valence-corrected chi connectivity index (χ4v) is 5.74. The van der Waals surface area contributed by atoms with Gasteiger partial charge >= 0.3 is 15.3 Å². The summed E-state index contributed by atoms with van der Waals surface area (Å²) in [5.74, 6) is 0.00503. The Bertz CT molecular complexity index is 930. The normalized spacial score (nSPS) is 12.9. The van der Waals surface area contributed by atoms with Gasteiger partial charge in [-0.1, -0.05) is 102 Å². The number of phosphoric ester groups is 1. The third-order valence-corrected chi connectivity index (χ3v) is 8.78. The monoisotopic (exact) mass is 651 g/mol. The van der Waals surface area contributed by atoms with Crippen molar-refractivity contribution in [3.8, 4) is 0 Å². The number of hydrogen-bond acceptors (Lipinski definition) is 6. The number of carbonyl (C=O) groups is 1. The highest BCUT2D eigenvalue weighted by Gasteiger charge is 2.22. The lowest BCUT2D eigenvalue weighted by atomic mass is 9.92. The van der Waals surface area contributed by atoms with Gasteiger partial charge in [0.15, 0.2) is 0 Å². The van der Waals surface area contributed by atoms with Gasteiger partial charge in [0, 0.05) is 12.1 Å². The van der Waals surface area contributed by atoms with Gasteiger partial charge in [-0.2, -0.15) is 0 Å². The second-order valence-corrected chi connectivity index (χ2v) is 14.6. The van der Waals surface area contributed by atoms with Crippen molar-refractivity contribution in [3.05, 3.63) is 29.8 Å². The van der Waals surface area contributed by atoms with Crippen molar-refractivity contribution in [3.63, 3.8) is 0 Å². The van der Waals surface area contributed by atoms with Crippen molar-refractivity contribution in [2.75, 3.05) is 46.2 Å². The number of anilines is 1. The molecule has 0 saturated carbocycles. The number of quaternary nitrogens is 1. The van der Waals surface area contributed by atoms with Crippen LogP contribution < -0.4 is 5.32 Å². The van der Waals surface area contributed by atoms with Crippen LogP contribution >= 0.6 is 7.82 Å². The number of carbonyl (C=O) groups excluding carboxylic acids is 1. The minimum absolute atomic E-state index is 0.00503. The zero-order valence-corrected chi connectivity index (χ0v) is 29.5. The van der Waals surface area contributed by atoms with Gasteiger partial charge in [-0.25, -0.2) is 4.57 Å². The molecule has 0 aliphatic heterocycles. The van der Waals surface area contributed by atoms with E-state index in [0.717, 1.165) is 37.8 Å². The molecule has 1 amide bonds. The number of amides is 1. The Labute approximate surface area is 275 Å². The first kappa shape index (κ1) is 41.3. The van der Waals surface area contributed by atoms with Gasteiger partial charge < -0.3 is 19.3 Å². The average Bonchev–Trinajstić information content (AvgIpc) is 2.98. The molecule has 1 unspecified atom stereocenters. The van der Waals surface area contributed by atoms with E-state index in [2.05, 4.69) is 17.4 Å². The molecule has 0 aliphatic rings. The van der Waals surface area contributed by atoms with E-state index in [1.807, 2.05) is 33.3 Å². The molecule has 1 aromatic carbocycles. The summed E-state index contributed by atoms with van der Waals surface area (Å²) in [6.45, 7) is 1.15. The first-order chi connectivity index (χ1) is 21.6. The molecule has 11 heteroatoms. The molecule has 0 aliphatic carbocycles. The lowest BCUT2D eigenvalue weighted by molar-refractivity contribution is -0.870. The van der Waals surface area contributed by atoms with E-state index in [-0.39, 0.29) is 19.1 Å². The summed E-state index contributed by atoms with van der Waals surface area (Å²) >= 11 is 0. The Morgan fingerprint density at radius 2 is 1.29 bits per heavy atom. The molecule has 0 fully saturated rings. The summed E-state index contributed by atoms with van der Waals surface area (Å²) in [6, 6.07) is 8.21. The Kier molecular flexibility index (Phi) is 24.2. The van der Waals surface area contributed by atoms with Crippen molar-refractivity contribution >= 4 is 33.3 Å². The number of likely N-dealkylation sites (N-methyl/N-ethyl adjacent to an activating group) is 1. The zero-order valence-electron chi connectivity index (χ0n) is 28.6. The number of rotatable bonds is 31. The van der Waals surface area contributed by atoms with Gasteiger partial charge in [-0.3, -0.25) is 19.3 Å². The molecule has 3 N–H and O–H groups in total. The molecule has 0 aromatic heterocycles. The van der Waals surface area contributed by atoms with Crippen LogP contribution in [0.3, 0.4) is 0 Å². The van der Waals surface area contributed by atoms with Crippen molar-refractivity contribution in [2.45, 2.75) is 128 Å². The molecule has 1 aromatic rings. The van der Waals surface area contributed by atoms with Crippen LogP contribution in [0, 0.1) is 5.41 Å². The maximum absolute atomic E-state index is 12.0. The molecule has 0 bridgehead atoms. The molecule has 0 heterocycles. The molecule has 1 radical (unpaired) electrons. The van der Waals surface area contributed by atoms with Crippen LogP contribution in [0.25, 0.3) is 0 Å². The van der Waals surface area contributed by atoms with Gasteiger partial charge in [0.05, 0.1) is 27.7 Å². The number of benzene rings is 1. The number of unbranched alkanes of at least 4 members (excludes halogenated alkanes) is 15. The molecule has 1 atom stereocenters. The predicted molar refractivity (Wildman–Crippen MR) is 187 cm³/mol. The van der Waals surface area contributed by atoms with Crippen LogP contribution in [-0.4, -0.2) is 70.1 Å². The average molecular weight is 652 g/mol. The molecule has 0 spiro atoms. The smallest absolute Gasteiger partial charge is 0.472 e. The van der Waals surface area contributed by atoms with Gasteiger partial charge in [0.25, 0.3) is 0 Å². The molecule has 0 saturated heterocycles. The zero-order chi connectivity index (χ0) is 33.1. The van der Waals surface area contributed by atoms with Crippen LogP contribution in [0.1, 0.15) is 121 Å². The molecular formula is C34H63BN3O6P+. The van der Waals surface area contributed by atoms with Gasteiger partial charge in [0.1, 0.15) is 19.6 Å². The third-order valence-electron chi connectivity index (χ3n) is 7.76. The molecule has 45 heavy (non-hydrogen) atoms. The summed E-state index contributed by atoms with van der Waals surface area (Å²) < 4.78 is 27.4. The molecule has 1 rings (SSSR count). The van der Waals surface area contributed by atoms with Gasteiger partial charge in [-0.15, -0.1) is 0 Å². The summed E-state index contributed by atoms with van der Waals surface area (Å²) in [4.78, 5) is 21.7. The minimum Gasteiger partial charge on any atom is -0.556 e. The fourth-order valence-electron chi connectivity index (χ4n) is 4.99. The highest BCUT2D eigenvalue weighted by Crippen LogP contribution is 2.43. The van der Waals surface area contributed by atoms with Crippen LogP contribution in [0.4, 0.5) is 5.69 Å². The summed E-state index contributed by atoms with van der Waals surface area (Å²) in [5, 5.41) is 9.72. The topological polar surface area (TPSA) is 118 Å². The van der Waals surface area contributed by atoms with E-state index >= 15 is 0 Å². The van der Waals surface area contributed by atoms with Crippen LogP contribution in [-0.2, 0) is 29.5 Å². The first-order valence-corrected chi connectivity index (χ1v) is 18.9. The van der Waals surface area contributed by atoms with Gasteiger partial charge in [0.2, 0.25) is 5.91 Å². The SMILES string of the molecule is C[N+](C)(C)CCOP(=O)(O)OCCCCCCCCCCCCCCCCCCc1ccc(NC(=O)CCC[B]OC=N)cc1. The minimum atomic E-state index is -3.91. The van der Waals surface area contributed by atoms with E-state index in [9.17, 15) is 14.3 Å². The Morgan fingerprint density at radius 3 is 1.80 bits per heavy atom. The van der Waals surface area contributed by atoms with E-state index in [0.29, 0.717) is 30.2 Å². The predicted octanol–water partition coefficient (Wildman–Crippen LogP) is 8.69. The molecule has 257 valence electrons. The van der Waals surface area contributed by atoms with E-state index in [1.165, 1.54) is 89.0 Å². The largest absolute Gasteiger partial charge is 0.556 e. The van der Waals surface area contributed by atoms with Crippen LogP contribution in [0.15, 0.2) is 24.3 Å². The Morgan fingerprint density at radius 1 is 0.800 bits per heavy atom. The van der Waals surface area contributed by atoms with Crippen molar-refractivity contribution < 1.29 is 32.4 Å². The maximum atomic E-state index is 12.0. The second kappa shape index (κ2) is 26.4. The van der Waals surface area contributed by atoms with Crippen LogP contribution in [0.2, 0.25) is 6.32 Å². The van der Waals surface area contributed by atoms with Crippen molar-refractivity contribution in [1.29, 1.82) is 5.41 Å². The highest BCUT2D eigenvalue weighted by molar-refractivity contribution is 7.47. The van der Waals surface area contributed by atoms with Crippen LogP contribution in [0.5, 0.6) is 0 Å². The van der Waals surface area contributed by atoms with E-state index < -0.39 is 7.82 Å². The van der Waals surface area contributed by atoms with E-state index in [4.69, 9.17) is 19.1 Å². The quantitative estimate of drug-likeness (QED) is 0.0185. The van der Waals surface area contributed by atoms with Crippen molar-refractivity contribution in [2.24, 2.45) is 0 Å². The fraction of sp³-hybridized carbons (Fsp3) is 0.765.